The minimum atomic E-state index is -0.589. The number of hydrogen-bond acceptors (Lipinski definition) is 3. The zero-order valence-corrected chi connectivity index (χ0v) is 34.9. The van der Waals surface area contributed by atoms with Crippen molar-refractivity contribution in [3.63, 3.8) is 0 Å². The van der Waals surface area contributed by atoms with Crippen LogP contribution in [0.3, 0.4) is 0 Å². The lowest BCUT2D eigenvalue weighted by atomic mass is 9.66. The number of nitrogens with zero attached hydrogens (tertiary/aromatic N) is 1. The van der Waals surface area contributed by atoms with E-state index in [9.17, 15) is 0 Å². The summed E-state index contributed by atoms with van der Waals surface area (Å²) in [6.45, 7) is 0. The lowest BCUT2D eigenvalue weighted by Gasteiger charge is -2.40. The smallest absolute Gasteiger partial charge is 0.132 e. The molecular formula is C60H37NOS. The Balaban J connectivity index is 1.10. The molecule has 2 spiro atoms. The van der Waals surface area contributed by atoms with Gasteiger partial charge in [-0.05, 0) is 104 Å². The summed E-state index contributed by atoms with van der Waals surface area (Å²) < 4.78 is 6.72. The van der Waals surface area contributed by atoms with Crippen LogP contribution >= 0.6 is 11.8 Å². The van der Waals surface area contributed by atoms with Gasteiger partial charge in [-0.2, -0.15) is 0 Å². The second-order valence-corrected chi connectivity index (χ2v) is 18.1. The average molecular weight is 820 g/mol. The molecule has 0 aromatic heterocycles. The van der Waals surface area contributed by atoms with E-state index in [-0.39, 0.29) is 0 Å². The quantitative estimate of drug-likeness (QED) is 0.176. The number of para-hydroxylation sites is 2. The molecule has 0 radical (unpaired) electrons. The van der Waals surface area contributed by atoms with E-state index < -0.39 is 10.8 Å². The molecule has 10 aromatic rings. The largest absolute Gasteiger partial charge is 0.457 e. The molecule has 0 atom stereocenters. The molecule has 10 aromatic carbocycles. The van der Waals surface area contributed by atoms with Gasteiger partial charge in [0.1, 0.15) is 11.5 Å². The van der Waals surface area contributed by atoms with E-state index in [2.05, 4.69) is 229 Å². The van der Waals surface area contributed by atoms with Gasteiger partial charge in [0.15, 0.2) is 0 Å². The zero-order chi connectivity index (χ0) is 41.3. The van der Waals surface area contributed by atoms with Crippen LogP contribution in [0.15, 0.2) is 234 Å². The normalized spacial score (nSPS) is 14.7. The third-order valence-electron chi connectivity index (χ3n) is 14.2. The topological polar surface area (TPSA) is 12.5 Å². The Morgan fingerprint density at radius 2 is 0.841 bits per heavy atom. The Labute approximate surface area is 370 Å². The Bertz CT molecular complexity index is 3470. The number of rotatable bonds is 3. The molecule has 2 nitrogen and oxygen atoms in total. The van der Waals surface area contributed by atoms with E-state index in [1.165, 1.54) is 76.2 Å². The second kappa shape index (κ2) is 13.0. The van der Waals surface area contributed by atoms with E-state index in [1.54, 1.807) is 0 Å². The van der Waals surface area contributed by atoms with Gasteiger partial charge in [-0.3, -0.25) is 0 Å². The molecule has 0 fully saturated rings. The van der Waals surface area contributed by atoms with Gasteiger partial charge >= 0.3 is 0 Å². The van der Waals surface area contributed by atoms with Gasteiger partial charge < -0.3 is 9.64 Å². The molecule has 0 amide bonds. The fourth-order valence-electron chi connectivity index (χ4n) is 11.9. The van der Waals surface area contributed by atoms with Crippen LogP contribution in [-0.2, 0) is 10.8 Å². The van der Waals surface area contributed by atoms with Crippen LogP contribution in [0.1, 0.15) is 44.5 Å². The monoisotopic (exact) mass is 819 g/mol. The van der Waals surface area contributed by atoms with Crippen molar-refractivity contribution in [2.24, 2.45) is 0 Å². The molecule has 0 saturated carbocycles. The molecule has 0 unspecified atom stereocenters. The van der Waals surface area contributed by atoms with Gasteiger partial charge in [-0.25, -0.2) is 0 Å². The van der Waals surface area contributed by atoms with E-state index in [0.717, 1.165) is 39.7 Å². The van der Waals surface area contributed by atoms with Crippen molar-refractivity contribution in [1.29, 1.82) is 0 Å². The van der Waals surface area contributed by atoms with Gasteiger partial charge in [0.25, 0.3) is 0 Å². The maximum Gasteiger partial charge on any atom is 0.132 e. The van der Waals surface area contributed by atoms with E-state index in [4.69, 9.17) is 4.74 Å². The standard InChI is InChI=1S/C60H37NOS/c1-2-19-40-38(17-1)18-15-29-52(40)61(39-35-36-42-41-20-3-5-22-44(41)60(51(42)37-39)48-26-9-13-33-56(48)63-57-34-14-10-27-49(57)60)53-30-16-28-50-58(53)43-21-4-6-23-45(43)59(50)46-24-7-11-31-54(46)62-55-32-12-8-25-47(55)59/h1-37H. The van der Waals surface area contributed by atoms with E-state index in [0.29, 0.717) is 0 Å². The molecule has 2 aliphatic carbocycles. The maximum atomic E-state index is 6.72. The first-order chi connectivity index (χ1) is 31.3. The Hall–Kier alpha value is -7.59. The number of fused-ring (bicyclic) bond motifs is 19. The van der Waals surface area contributed by atoms with Crippen molar-refractivity contribution in [2.45, 2.75) is 20.6 Å². The predicted octanol–water partition coefficient (Wildman–Crippen LogP) is 15.6. The van der Waals surface area contributed by atoms with E-state index >= 15 is 0 Å². The van der Waals surface area contributed by atoms with Gasteiger partial charge in [0, 0.05) is 37.6 Å². The summed E-state index contributed by atoms with van der Waals surface area (Å²) in [7, 11) is 0. The van der Waals surface area contributed by atoms with Gasteiger partial charge in [-0.15, -0.1) is 0 Å². The highest BCUT2D eigenvalue weighted by atomic mass is 32.2. The highest BCUT2D eigenvalue weighted by Crippen LogP contribution is 2.66. The first-order valence-corrected chi connectivity index (χ1v) is 22.6. The van der Waals surface area contributed by atoms with Crippen molar-refractivity contribution >= 4 is 39.6 Å². The fraction of sp³-hybridized carbons (Fsp3) is 0.0333. The van der Waals surface area contributed by atoms with Crippen LogP contribution in [0.2, 0.25) is 0 Å². The van der Waals surface area contributed by atoms with Crippen LogP contribution in [0.5, 0.6) is 11.5 Å². The van der Waals surface area contributed by atoms with Crippen LogP contribution in [0, 0.1) is 0 Å². The fourth-order valence-corrected chi connectivity index (χ4v) is 13.1. The highest BCUT2D eigenvalue weighted by Gasteiger charge is 2.53. The first-order valence-electron chi connectivity index (χ1n) is 21.8. The Morgan fingerprint density at radius 3 is 1.57 bits per heavy atom. The first kappa shape index (κ1) is 35.1. The summed E-state index contributed by atoms with van der Waals surface area (Å²) in [5.41, 5.74) is 17.5. The Morgan fingerprint density at radius 1 is 0.349 bits per heavy atom. The van der Waals surface area contributed by atoms with Crippen molar-refractivity contribution in [3.8, 4) is 33.8 Å². The maximum absolute atomic E-state index is 6.72. The van der Waals surface area contributed by atoms with Gasteiger partial charge in [-0.1, -0.05) is 188 Å². The highest BCUT2D eigenvalue weighted by molar-refractivity contribution is 7.99. The summed E-state index contributed by atoms with van der Waals surface area (Å²) >= 11 is 1.89. The third kappa shape index (κ3) is 4.49. The summed E-state index contributed by atoms with van der Waals surface area (Å²) in [6.07, 6.45) is 0. The molecule has 2 heterocycles. The van der Waals surface area contributed by atoms with Crippen molar-refractivity contribution < 1.29 is 4.74 Å². The number of benzene rings is 10. The number of anilines is 3. The second-order valence-electron chi connectivity index (χ2n) is 17.0. The molecular weight excluding hydrogens is 783 g/mol. The molecule has 3 heteroatoms. The lowest BCUT2D eigenvalue weighted by Crippen LogP contribution is -2.32. The van der Waals surface area contributed by atoms with Crippen molar-refractivity contribution in [2.75, 3.05) is 4.90 Å². The van der Waals surface area contributed by atoms with Crippen LogP contribution in [-0.4, -0.2) is 0 Å². The summed E-state index contributed by atoms with van der Waals surface area (Å²) in [6, 6.07) is 83.4. The summed E-state index contributed by atoms with van der Waals surface area (Å²) in [5.74, 6) is 1.79. The zero-order valence-electron chi connectivity index (χ0n) is 34.1. The number of hydrogen-bond donors (Lipinski definition) is 0. The average Bonchev–Trinajstić information content (AvgIpc) is 3.80. The van der Waals surface area contributed by atoms with Gasteiger partial charge in [0.2, 0.25) is 0 Å². The predicted molar refractivity (Wildman–Crippen MR) is 257 cm³/mol. The molecule has 2 aliphatic heterocycles. The Kier molecular flexibility index (Phi) is 7.21. The molecule has 63 heavy (non-hydrogen) atoms. The SMILES string of the molecule is c1ccc2c(c1)Oc1ccccc1C21c2ccccc2-c2c(N(c3ccc4c(c3)C3(c5ccccc5Sc5ccccc53)c3ccccc3-4)c3cccc4ccccc34)cccc21. The molecule has 0 N–H and O–H groups in total. The summed E-state index contributed by atoms with van der Waals surface area (Å²) in [5, 5.41) is 2.40. The molecule has 0 bridgehead atoms. The minimum absolute atomic E-state index is 0.504. The van der Waals surface area contributed by atoms with Crippen molar-refractivity contribution in [3.05, 3.63) is 269 Å². The summed E-state index contributed by atoms with van der Waals surface area (Å²) in [4.78, 5) is 5.16. The van der Waals surface area contributed by atoms with E-state index in [1.807, 2.05) is 11.8 Å². The molecule has 14 rings (SSSR count). The molecule has 0 saturated heterocycles. The van der Waals surface area contributed by atoms with Crippen LogP contribution < -0.4 is 9.64 Å². The number of ether oxygens (including phenoxy) is 1. The lowest BCUT2D eigenvalue weighted by molar-refractivity contribution is 0.436. The van der Waals surface area contributed by atoms with Crippen LogP contribution in [0.4, 0.5) is 17.1 Å². The minimum Gasteiger partial charge on any atom is -0.457 e. The third-order valence-corrected chi connectivity index (χ3v) is 15.3. The van der Waals surface area contributed by atoms with Crippen LogP contribution in [0.25, 0.3) is 33.0 Å². The van der Waals surface area contributed by atoms with Gasteiger partial charge in [0.05, 0.1) is 22.2 Å². The molecule has 294 valence electrons. The van der Waals surface area contributed by atoms with Crippen molar-refractivity contribution in [1.82, 2.24) is 0 Å². The molecule has 4 aliphatic rings.